The summed E-state index contributed by atoms with van der Waals surface area (Å²) in [5, 5.41) is 10.7. The first-order valence-corrected chi connectivity index (χ1v) is 11.8. The van der Waals surface area contributed by atoms with Gasteiger partial charge in [0.25, 0.3) is 5.91 Å². The van der Waals surface area contributed by atoms with Crippen LogP contribution >= 0.6 is 11.6 Å². The van der Waals surface area contributed by atoms with Crippen molar-refractivity contribution < 1.29 is 27.4 Å². The number of ether oxygens (including phenoxy) is 2. The second kappa shape index (κ2) is 11.3. The zero-order chi connectivity index (χ0) is 25.7. The van der Waals surface area contributed by atoms with Gasteiger partial charge in [0, 0.05) is 49.7 Å². The second-order valence-electron chi connectivity index (χ2n) is 8.40. The molecule has 0 saturated carbocycles. The van der Waals surface area contributed by atoms with Crippen LogP contribution in [0.3, 0.4) is 0 Å². The highest BCUT2D eigenvalue weighted by molar-refractivity contribution is 6.33. The van der Waals surface area contributed by atoms with E-state index in [4.69, 9.17) is 21.1 Å². The predicted octanol–water partition coefficient (Wildman–Crippen LogP) is 5.16. The molecule has 1 aliphatic heterocycles. The maximum atomic E-state index is 13.0. The van der Waals surface area contributed by atoms with Crippen LogP contribution in [0.2, 0.25) is 5.02 Å². The fourth-order valence-electron chi connectivity index (χ4n) is 4.00. The van der Waals surface area contributed by atoms with Crippen LogP contribution in [0.25, 0.3) is 11.3 Å². The Morgan fingerprint density at radius 1 is 1.22 bits per heavy atom. The lowest BCUT2D eigenvalue weighted by Gasteiger charge is -2.23. The molecule has 11 heteroatoms. The van der Waals surface area contributed by atoms with E-state index in [0.717, 1.165) is 38.2 Å². The molecule has 36 heavy (non-hydrogen) atoms. The first kappa shape index (κ1) is 26.0. The van der Waals surface area contributed by atoms with E-state index in [-0.39, 0.29) is 5.56 Å². The number of hydrogen-bond acceptors (Lipinski definition) is 5. The highest BCUT2D eigenvalue weighted by atomic mass is 35.5. The van der Waals surface area contributed by atoms with Crippen LogP contribution in [0, 0.1) is 0 Å². The van der Waals surface area contributed by atoms with Crippen LogP contribution in [-0.2, 0) is 18.0 Å². The molecule has 0 bridgehead atoms. The lowest BCUT2D eigenvalue weighted by atomic mass is 10.1. The number of aryl methyl sites for hydroxylation is 1. The Kier molecular flexibility index (Phi) is 8.17. The van der Waals surface area contributed by atoms with Gasteiger partial charge in [-0.05, 0) is 49.2 Å². The molecule has 192 valence electrons. The Balaban J connectivity index is 1.51. The molecule has 0 unspecified atom stereocenters. The molecule has 0 aliphatic carbocycles. The first-order valence-electron chi connectivity index (χ1n) is 11.5. The minimum Gasteiger partial charge on any atom is -0.492 e. The maximum absolute atomic E-state index is 13.0. The van der Waals surface area contributed by atoms with E-state index in [0.29, 0.717) is 46.9 Å². The molecule has 0 radical (unpaired) electrons. The Labute approximate surface area is 211 Å². The number of alkyl halides is 3. The molecule has 2 N–H and O–H groups in total. The normalized spacial score (nSPS) is 14.6. The molecule has 7 nitrogen and oxygen atoms in total. The highest BCUT2D eigenvalue weighted by Gasteiger charge is 2.31. The quantitative estimate of drug-likeness (QED) is 0.400. The maximum Gasteiger partial charge on any atom is 0.416 e. The number of nitrogens with one attached hydrogen (secondary N) is 2. The summed E-state index contributed by atoms with van der Waals surface area (Å²) in [7, 11) is 1.73. The van der Waals surface area contributed by atoms with Gasteiger partial charge in [0.2, 0.25) is 0 Å². The fraction of sp³-hybridized carbons (Fsp3) is 0.360. The Morgan fingerprint density at radius 3 is 2.69 bits per heavy atom. The van der Waals surface area contributed by atoms with Crippen LogP contribution in [0.4, 0.5) is 18.9 Å². The molecular weight excluding hydrogens is 497 g/mol. The standard InChI is InChI=1S/C25H26ClF3N4O3/c1-33-23(21(26)15-31-33)20-14-19(32-24(34)16-3-2-4-17(13-16)25(27,28)29)5-6-22(20)36-12-9-30-18-7-10-35-11-8-18/h2-6,13-15,18,30H,7-12H2,1H3,(H,32,34). The van der Waals surface area contributed by atoms with Crippen LogP contribution in [0.1, 0.15) is 28.8 Å². The summed E-state index contributed by atoms with van der Waals surface area (Å²) < 4.78 is 52.1. The number of carbonyl (C=O) groups is 1. The number of carbonyl (C=O) groups excluding carboxylic acids is 1. The monoisotopic (exact) mass is 522 g/mol. The third-order valence-corrected chi connectivity index (χ3v) is 6.13. The van der Waals surface area contributed by atoms with Crippen molar-refractivity contribution in [1.82, 2.24) is 15.1 Å². The third kappa shape index (κ3) is 6.37. The number of halogens is 4. The SMILES string of the molecule is Cn1ncc(Cl)c1-c1cc(NC(=O)c2cccc(C(F)(F)F)c2)ccc1OCCNC1CCOCC1. The van der Waals surface area contributed by atoms with E-state index in [1.165, 1.54) is 18.3 Å². The van der Waals surface area contributed by atoms with Gasteiger partial charge in [-0.2, -0.15) is 18.3 Å². The number of hydrogen-bond donors (Lipinski definition) is 2. The molecule has 2 aromatic carbocycles. The third-order valence-electron chi connectivity index (χ3n) is 5.85. The van der Waals surface area contributed by atoms with Crippen LogP contribution in [0.15, 0.2) is 48.7 Å². The summed E-state index contributed by atoms with van der Waals surface area (Å²) in [5.74, 6) is -0.135. The minimum absolute atomic E-state index is 0.107. The molecule has 1 fully saturated rings. The Hall–Kier alpha value is -3.08. The average molecular weight is 523 g/mol. The summed E-state index contributed by atoms with van der Waals surface area (Å²) in [4.78, 5) is 12.7. The van der Waals surface area contributed by atoms with Crippen molar-refractivity contribution in [2.45, 2.75) is 25.1 Å². The topological polar surface area (TPSA) is 77.4 Å². The Morgan fingerprint density at radius 2 is 2.00 bits per heavy atom. The minimum atomic E-state index is -4.54. The van der Waals surface area contributed by atoms with Gasteiger partial charge in [-0.15, -0.1) is 0 Å². The number of rotatable bonds is 8. The molecule has 1 saturated heterocycles. The van der Waals surface area contributed by atoms with Crippen molar-refractivity contribution >= 4 is 23.2 Å². The van der Waals surface area contributed by atoms with Crippen molar-refractivity contribution in [3.05, 3.63) is 64.8 Å². The predicted molar refractivity (Wildman–Crippen MR) is 130 cm³/mol. The Bertz CT molecular complexity index is 1190. The molecule has 4 rings (SSSR count). The summed E-state index contributed by atoms with van der Waals surface area (Å²) in [5.41, 5.74) is 0.546. The fourth-order valence-corrected chi connectivity index (χ4v) is 4.27. The van der Waals surface area contributed by atoms with E-state index < -0.39 is 17.6 Å². The summed E-state index contributed by atoms with van der Waals surface area (Å²) in [6.45, 7) is 2.53. The van der Waals surface area contributed by atoms with E-state index in [1.807, 2.05) is 0 Å². The lowest BCUT2D eigenvalue weighted by molar-refractivity contribution is -0.137. The lowest BCUT2D eigenvalue weighted by Crippen LogP contribution is -2.37. The van der Waals surface area contributed by atoms with Crippen molar-refractivity contribution in [2.24, 2.45) is 7.05 Å². The summed E-state index contributed by atoms with van der Waals surface area (Å²) in [6, 6.07) is 9.63. The molecular formula is C25H26ClF3N4O3. The van der Waals surface area contributed by atoms with Gasteiger partial charge in [-0.1, -0.05) is 17.7 Å². The van der Waals surface area contributed by atoms with Crippen molar-refractivity contribution in [2.75, 3.05) is 31.7 Å². The largest absolute Gasteiger partial charge is 0.492 e. The van der Waals surface area contributed by atoms with Crippen molar-refractivity contribution in [3.63, 3.8) is 0 Å². The molecule has 0 spiro atoms. The molecule has 1 amide bonds. The van der Waals surface area contributed by atoms with Crippen LogP contribution in [0.5, 0.6) is 5.75 Å². The van der Waals surface area contributed by atoms with Gasteiger partial charge in [0.15, 0.2) is 0 Å². The van der Waals surface area contributed by atoms with Gasteiger partial charge in [0.1, 0.15) is 12.4 Å². The van der Waals surface area contributed by atoms with E-state index in [2.05, 4.69) is 15.7 Å². The smallest absolute Gasteiger partial charge is 0.416 e. The van der Waals surface area contributed by atoms with Crippen LogP contribution in [-0.4, -0.2) is 48.1 Å². The van der Waals surface area contributed by atoms with Crippen LogP contribution < -0.4 is 15.4 Å². The number of anilines is 1. The number of aromatic nitrogens is 2. The summed E-state index contributed by atoms with van der Waals surface area (Å²) in [6.07, 6.45) is -1.13. The van der Waals surface area contributed by atoms with Crippen molar-refractivity contribution in [3.8, 4) is 17.0 Å². The highest BCUT2D eigenvalue weighted by Crippen LogP contribution is 2.37. The summed E-state index contributed by atoms with van der Waals surface area (Å²) >= 11 is 6.37. The van der Waals surface area contributed by atoms with E-state index in [1.54, 1.807) is 29.9 Å². The second-order valence-corrected chi connectivity index (χ2v) is 8.80. The number of nitrogens with zero attached hydrogens (tertiary/aromatic N) is 2. The van der Waals surface area contributed by atoms with Crippen molar-refractivity contribution in [1.29, 1.82) is 0 Å². The molecule has 0 atom stereocenters. The van der Waals surface area contributed by atoms with E-state index in [9.17, 15) is 18.0 Å². The molecule has 3 aromatic rings. The average Bonchev–Trinajstić information content (AvgIpc) is 3.20. The number of amides is 1. The zero-order valence-corrected chi connectivity index (χ0v) is 20.3. The molecule has 2 heterocycles. The van der Waals surface area contributed by atoms with Gasteiger partial charge >= 0.3 is 6.18 Å². The van der Waals surface area contributed by atoms with Gasteiger partial charge < -0.3 is 20.1 Å². The zero-order valence-electron chi connectivity index (χ0n) is 19.6. The molecule has 1 aliphatic rings. The van der Waals surface area contributed by atoms with Gasteiger partial charge in [-0.25, -0.2) is 0 Å². The van der Waals surface area contributed by atoms with Gasteiger partial charge in [0.05, 0.1) is 22.5 Å². The van der Waals surface area contributed by atoms with Gasteiger partial charge in [-0.3, -0.25) is 9.48 Å². The first-order chi connectivity index (χ1) is 17.2. The molecule has 1 aromatic heterocycles. The number of benzene rings is 2. The van der Waals surface area contributed by atoms with E-state index >= 15 is 0 Å².